The van der Waals surface area contributed by atoms with Crippen molar-refractivity contribution >= 4 is 11.3 Å². The van der Waals surface area contributed by atoms with Crippen LogP contribution in [0.4, 0.5) is 0 Å². The molecule has 0 spiro atoms. The molecule has 15 heavy (non-hydrogen) atoms. The number of hydrogen-bond acceptors (Lipinski definition) is 3. The van der Waals surface area contributed by atoms with Crippen LogP contribution < -0.4 is 5.32 Å². The highest BCUT2D eigenvalue weighted by Crippen LogP contribution is 2.22. The molecule has 0 aliphatic carbocycles. The first kappa shape index (κ1) is 10.4. The van der Waals surface area contributed by atoms with Gasteiger partial charge in [-0.25, -0.2) is 0 Å². The summed E-state index contributed by atoms with van der Waals surface area (Å²) in [6, 6.07) is 4.22. The molecule has 0 radical (unpaired) electrons. The smallest absolute Gasteiger partial charge is 0.0670 e. The lowest BCUT2D eigenvalue weighted by Crippen LogP contribution is -2.03. The highest BCUT2D eigenvalue weighted by Gasteiger charge is 2.05. The predicted octanol–water partition coefficient (Wildman–Crippen LogP) is 2.02. The second-order valence-corrected chi connectivity index (χ2v) is 4.87. The van der Waals surface area contributed by atoms with Gasteiger partial charge >= 0.3 is 0 Å². The first-order chi connectivity index (χ1) is 7.29. The summed E-state index contributed by atoms with van der Waals surface area (Å²) in [5.41, 5.74) is 1.37. The number of aromatic nitrogens is 2. The van der Waals surface area contributed by atoms with Gasteiger partial charge in [0.05, 0.1) is 6.54 Å². The fraction of sp³-hybridized carbons (Fsp3) is 0.364. The van der Waals surface area contributed by atoms with Gasteiger partial charge in [-0.3, -0.25) is 4.68 Å². The molecule has 0 aliphatic rings. The minimum absolute atomic E-state index is 0.874. The summed E-state index contributed by atoms with van der Waals surface area (Å²) in [6.45, 7) is 3.99. The monoisotopic (exact) mass is 221 g/mol. The van der Waals surface area contributed by atoms with Crippen molar-refractivity contribution in [2.24, 2.45) is 0 Å². The molecule has 0 fully saturated rings. The van der Waals surface area contributed by atoms with Crippen LogP contribution in [0.5, 0.6) is 0 Å². The van der Waals surface area contributed by atoms with Crippen molar-refractivity contribution in [2.45, 2.75) is 20.0 Å². The summed E-state index contributed by atoms with van der Waals surface area (Å²) in [7, 11) is 1.97. The van der Waals surface area contributed by atoms with Gasteiger partial charge in [0.1, 0.15) is 0 Å². The molecule has 0 saturated heterocycles. The molecule has 0 aromatic carbocycles. The largest absolute Gasteiger partial charge is 0.315 e. The topological polar surface area (TPSA) is 29.9 Å². The van der Waals surface area contributed by atoms with E-state index < -0.39 is 0 Å². The predicted molar refractivity (Wildman–Crippen MR) is 63.1 cm³/mol. The standard InChI is InChI=1S/C11H15N3S/c1-9-10(6-11(15-9)7-12-2)8-14-5-3-4-13-14/h3-6,12H,7-8H2,1-2H3. The Bertz CT molecular complexity index is 417. The molecule has 0 unspecified atom stereocenters. The summed E-state index contributed by atoms with van der Waals surface area (Å²) < 4.78 is 1.96. The Kier molecular flexibility index (Phi) is 3.18. The minimum Gasteiger partial charge on any atom is -0.315 e. The number of aryl methyl sites for hydroxylation is 1. The van der Waals surface area contributed by atoms with Gasteiger partial charge in [0.25, 0.3) is 0 Å². The molecule has 3 nitrogen and oxygen atoms in total. The van der Waals surface area contributed by atoms with Crippen LogP contribution in [0.25, 0.3) is 0 Å². The number of nitrogens with zero attached hydrogens (tertiary/aromatic N) is 2. The van der Waals surface area contributed by atoms with Gasteiger partial charge in [-0.2, -0.15) is 5.10 Å². The van der Waals surface area contributed by atoms with Gasteiger partial charge in [0, 0.05) is 28.7 Å². The third-order valence-corrected chi connectivity index (χ3v) is 3.41. The van der Waals surface area contributed by atoms with Crippen molar-refractivity contribution in [3.63, 3.8) is 0 Å². The molecule has 0 amide bonds. The van der Waals surface area contributed by atoms with Crippen LogP contribution in [0.15, 0.2) is 24.5 Å². The maximum atomic E-state index is 4.21. The molecule has 0 saturated carbocycles. The second-order valence-electron chi connectivity index (χ2n) is 3.53. The van der Waals surface area contributed by atoms with E-state index in [1.165, 1.54) is 15.3 Å². The van der Waals surface area contributed by atoms with Gasteiger partial charge in [-0.15, -0.1) is 11.3 Å². The van der Waals surface area contributed by atoms with Crippen molar-refractivity contribution in [1.29, 1.82) is 0 Å². The molecule has 2 heterocycles. The van der Waals surface area contributed by atoms with Crippen LogP contribution in [0, 0.1) is 6.92 Å². The van der Waals surface area contributed by atoms with E-state index in [2.05, 4.69) is 23.4 Å². The number of thiophene rings is 1. The Hall–Kier alpha value is -1.13. The Balaban J connectivity index is 2.14. The average molecular weight is 221 g/mol. The van der Waals surface area contributed by atoms with Crippen LogP contribution in [-0.2, 0) is 13.1 Å². The van der Waals surface area contributed by atoms with Crippen LogP contribution in [0.2, 0.25) is 0 Å². The van der Waals surface area contributed by atoms with E-state index in [-0.39, 0.29) is 0 Å². The average Bonchev–Trinajstić information content (AvgIpc) is 2.79. The number of hydrogen-bond donors (Lipinski definition) is 1. The van der Waals surface area contributed by atoms with E-state index >= 15 is 0 Å². The van der Waals surface area contributed by atoms with E-state index in [1.807, 2.05) is 41.5 Å². The van der Waals surface area contributed by atoms with E-state index in [1.54, 1.807) is 0 Å². The normalized spacial score (nSPS) is 10.8. The first-order valence-electron chi connectivity index (χ1n) is 5.00. The highest BCUT2D eigenvalue weighted by atomic mass is 32.1. The van der Waals surface area contributed by atoms with E-state index in [4.69, 9.17) is 0 Å². The lowest BCUT2D eigenvalue weighted by Gasteiger charge is -1.99. The van der Waals surface area contributed by atoms with Crippen molar-refractivity contribution < 1.29 is 0 Å². The molecular formula is C11H15N3S. The van der Waals surface area contributed by atoms with E-state index in [0.717, 1.165) is 13.1 Å². The molecule has 0 atom stereocenters. The lowest BCUT2D eigenvalue weighted by atomic mass is 10.2. The van der Waals surface area contributed by atoms with Crippen molar-refractivity contribution in [2.75, 3.05) is 7.05 Å². The number of nitrogens with one attached hydrogen (secondary N) is 1. The fourth-order valence-electron chi connectivity index (χ4n) is 1.57. The third-order valence-electron chi connectivity index (χ3n) is 2.31. The van der Waals surface area contributed by atoms with Gasteiger partial charge in [0.15, 0.2) is 0 Å². The maximum Gasteiger partial charge on any atom is 0.0670 e. The zero-order chi connectivity index (χ0) is 10.7. The molecule has 2 rings (SSSR count). The third kappa shape index (κ3) is 2.46. The Morgan fingerprint density at radius 1 is 1.53 bits per heavy atom. The van der Waals surface area contributed by atoms with Crippen molar-refractivity contribution in [1.82, 2.24) is 15.1 Å². The van der Waals surface area contributed by atoms with E-state index in [0.29, 0.717) is 0 Å². The van der Waals surface area contributed by atoms with Crippen molar-refractivity contribution in [3.8, 4) is 0 Å². The fourth-order valence-corrected chi connectivity index (χ4v) is 2.64. The molecule has 0 bridgehead atoms. The zero-order valence-corrected chi connectivity index (χ0v) is 9.84. The molecule has 2 aromatic heterocycles. The molecule has 2 aromatic rings. The number of rotatable bonds is 4. The Morgan fingerprint density at radius 2 is 2.40 bits per heavy atom. The van der Waals surface area contributed by atoms with Gasteiger partial charge in [-0.1, -0.05) is 0 Å². The van der Waals surface area contributed by atoms with E-state index in [9.17, 15) is 0 Å². The molecular weight excluding hydrogens is 206 g/mol. The Labute approximate surface area is 93.7 Å². The summed E-state index contributed by atoms with van der Waals surface area (Å²) in [5, 5.41) is 7.38. The van der Waals surface area contributed by atoms with Gasteiger partial charge in [0.2, 0.25) is 0 Å². The zero-order valence-electron chi connectivity index (χ0n) is 9.03. The molecule has 0 aliphatic heterocycles. The maximum absolute atomic E-state index is 4.21. The second kappa shape index (κ2) is 4.59. The SMILES string of the molecule is CNCc1cc(Cn2cccn2)c(C)s1. The minimum atomic E-state index is 0.874. The van der Waals surface area contributed by atoms with Crippen LogP contribution >= 0.6 is 11.3 Å². The van der Waals surface area contributed by atoms with Gasteiger partial charge < -0.3 is 5.32 Å². The highest BCUT2D eigenvalue weighted by molar-refractivity contribution is 7.12. The first-order valence-corrected chi connectivity index (χ1v) is 5.81. The summed E-state index contributed by atoms with van der Waals surface area (Å²) in [4.78, 5) is 2.77. The van der Waals surface area contributed by atoms with Crippen LogP contribution in [0.1, 0.15) is 15.3 Å². The summed E-state index contributed by atoms with van der Waals surface area (Å²) in [6.07, 6.45) is 3.81. The molecule has 80 valence electrons. The van der Waals surface area contributed by atoms with Gasteiger partial charge in [-0.05, 0) is 31.7 Å². The van der Waals surface area contributed by atoms with Crippen molar-refractivity contribution in [3.05, 3.63) is 39.8 Å². The summed E-state index contributed by atoms with van der Waals surface area (Å²) >= 11 is 1.86. The summed E-state index contributed by atoms with van der Waals surface area (Å²) in [5.74, 6) is 0. The van der Waals surface area contributed by atoms with Crippen LogP contribution in [-0.4, -0.2) is 16.8 Å². The lowest BCUT2D eigenvalue weighted by molar-refractivity contribution is 0.685. The quantitative estimate of drug-likeness (QED) is 0.856. The Morgan fingerprint density at radius 3 is 3.07 bits per heavy atom. The van der Waals surface area contributed by atoms with Crippen LogP contribution in [0.3, 0.4) is 0 Å². The molecule has 4 heteroatoms. The molecule has 1 N–H and O–H groups in total.